The molecule has 12 heteroatoms. The third-order valence-electron chi connectivity index (χ3n) is 2.76. The Hall–Kier alpha value is -0.960. The Kier molecular flexibility index (Phi) is 6.54. The summed E-state index contributed by atoms with van der Waals surface area (Å²) in [6.45, 7) is 2.58. The molecule has 0 aromatic rings. The largest absolute Gasteiger partial charge is 0.455 e. The van der Waals surface area contributed by atoms with E-state index in [0.717, 1.165) is 6.92 Å². The molecule has 9 nitrogen and oxygen atoms in total. The molecule has 0 aromatic heterocycles. The van der Waals surface area contributed by atoms with Gasteiger partial charge in [0.2, 0.25) is 12.2 Å². The van der Waals surface area contributed by atoms with Gasteiger partial charge in [0, 0.05) is 11.8 Å². The predicted molar refractivity (Wildman–Crippen MR) is 77.9 cm³/mol. The van der Waals surface area contributed by atoms with E-state index in [-0.39, 0.29) is 0 Å². The summed E-state index contributed by atoms with van der Waals surface area (Å²) in [5, 5.41) is 20.9. The first kappa shape index (κ1) is 19.1. The zero-order valence-electron chi connectivity index (χ0n) is 11.4. The number of esters is 1. The Labute approximate surface area is 140 Å². The van der Waals surface area contributed by atoms with Crippen molar-refractivity contribution in [2.45, 2.75) is 48.3 Å². The number of nitrogens with one attached hydrogen (secondary N) is 1. The van der Waals surface area contributed by atoms with Crippen molar-refractivity contribution in [1.29, 1.82) is 5.41 Å². The van der Waals surface area contributed by atoms with Crippen molar-refractivity contribution < 1.29 is 24.1 Å². The molecular formula is C10H13Cl3N4O5. The van der Waals surface area contributed by atoms with Crippen LogP contribution in [-0.4, -0.2) is 51.4 Å². The lowest BCUT2D eigenvalue weighted by atomic mass is 9.97. The summed E-state index contributed by atoms with van der Waals surface area (Å²) in [6, 6.07) is -1.19. The van der Waals surface area contributed by atoms with Gasteiger partial charge in [0.05, 0.1) is 12.2 Å². The van der Waals surface area contributed by atoms with Gasteiger partial charge in [-0.25, -0.2) is 0 Å². The molecule has 1 heterocycles. The number of carbonyl (C=O) groups is 1. The lowest BCUT2D eigenvalue weighted by Gasteiger charge is -2.41. The van der Waals surface area contributed by atoms with E-state index in [1.165, 1.54) is 6.92 Å². The Morgan fingerprint density at radius 1 is 1.45 bits per heavy atom. The first-order chi connectivity index (χ1) is 10.1. The van der Waals surface area contributed by atoms with Crippen LogP contribution in [0.4, 0.5) is 0 Å². The van der Waals surface area contributed by atoms with Crippen LogP contribution in [0.1, 0.15) is 13.8 Å². The summed E-state index contributed by atoms with van der Waals surface area (Å²) in [7, 11) is 0. The fourth-order valence-electron chi connectivity index (χ4n) is 1.79. The van der Waals surface area contributed by atoms with Crippen molar-refractivity contribution in [2.75, 3.05) is 0 Å². The molecule has 2 N–H and O–H groups in total. The molecule has 1 fully saturated rings. The molecule has 0 aromatic carbocycles. The van der Waals surface area contributed by atoms with Crippen molar-refractivity contribution in [3.05, 3.63) is 10.4 Å². The minimum Gasteiger partial charge on any atom is -0.455 e. The number of alkyl halides is 3. The van der Waals surface area contributed by atoms with Crippen molar-refractivity contribution in [3.8, 4) is 0 Å². The quantitative estimate of drug-likeness (QED) is 0.148. The molecule has 1 rings (SSSR count). The second-order valence-corrected chi connectivity index (χ2v) is 6.70. The van der Waals surface area contributed by atoms with Gasteiger partial charge in [-0.1, -0.05) is 39.9 Å². The average molecular weight is 376 g/mol. The molecule has 1 aliphatic heterocycles. The van der Waals surface area contributed by atoms with Crippen LogP contribution in [-0.2, 0) is 19.0 Å². The summed E-state index contributed by atoms with van der Waals surface area (Å²) >= 11 is 16.5. The summed E-state index contributed by atoms with van der Waals surface area (Å²) < 4.78 is 13.2. The fraction of sp³-hybridized carbons (Fsp3) is 0.800. The van der Waals surface area contributed by atoms with E-state index in [1.807, 2.05) is 0 Å². The van der Waals surface area contributed by atoms with Gasteiger partial charge in [-0.15, -0.1) is 0 Å². The number of hydrogen-bond acceptors (Lipinski definition) is 7. The highest BCUT2D eigenvalue weighted by atomic mass is 35.6. The van der Waals surface area contributed by atoms with Crippen molar-refractivity contribution in [3.63, 3.8) is 0 Å². The number of hydrogen-bond donors (Lipinski definition) is 2. The summed E-state index contributed by atoms with van der Waals surface area (Å²) in [5.41, 5.74) is 8.59. The smallest absolute Gasteiger partial charge is 0.303 e. The normalized spacial score (nSPS) is 31.8. The van der Waals surface area contributed by atoms with Crippen LogP contribution in [0, 0.1) is 5.41 Å². The van der Waals surface area contributed by atoms with E-state index in [1.54, 1.807) is 0 Å². The molecule has 1 saturated heterocycles. The number of halogens is 3. The Morgan fingerprint density at radius 3 is 2.50 bits per heavy atom. The average Bonchev–Trinajstić information content (AvgIpc) is 2.38. The summed E-state index contributed by atoms with van der Waals surface area (Å²) in [6.07, 6.45) is -4.79. The molecule has 0 aliphatic carbocycles. The zero-order chi connectivity index (χ0) is 17.1. The molecule has 0 saturated carbocycles. The highest BCUT2D eigenvalue weighted by Crippen LogP contribution is 2.32. The first-order valence-electron chi connectivity index (χ1n) is 5.95. The topological polar surface area (TPSA) is 138 Å². The van der Waals surface area contributed by atoms with Gasteiger partial charge in [-0.05, 0) is 12.5 Å². The number of azide groups is 1. The van der Waals surface area contributed by atoms with Gasteiger partial charge in [-0.3, -0.25) is 10.2 Å². The van der Waals surface area contributed by atoms with Crippen molar-refractivity contribution in [2.24, 2.45) is 5.11 Å². The summed E-state index contributed by atoms with van der Waals surface area (Å²) in [5.74, 6) is -1.51. The number of aliphatic hydroxyl groups excluding tert-OH is 1. The number of rotatable bonds is 3. The number of nitrogens with zero attached hydrogens (tertiary/aromatic N) is 3. The lowest BCUT2D eigenvalue weighted by Crippen LogP contribution is -2.58. The number of ether oxygens (including phenoxy) is 3. The molecule has 0 spiro atoms. The Balaban J connectivity index is 3.07. The van der Waals surface area contributed by atoms with E-state index in [4.69, 9.17) is 60.0 Å². The summed E-state index contributed by atoms with van der Waals surface area (Å²) in [4.78, 5) is 13.8. The molecule has 22 heavy (non-hydrogen) atoms. The fourth-order valence-corrected chi connectivity index (χ4v) is 1.92. The maximum absolute atomic E-state index is 11.2. The second kappa shape index (κ2) is 7.54. The number of aliphatic hydroxyl groups is 1. The van der Waals surface area contributed by atoms with Crippen LogP contribution in [0.15, 0.2) is 5.11 Å². The van der Waals surface area contributed by atoms with Crippen LogP contribution < -0.4 is 0 Å². The molecule has 0 radical (unpaired) electrons. The highest BCUT2D eigenvalue weighted by Gasteiger charge is 2.48. The van der Waals surface area contributed by atoms with Crippen LogP contribution in [0.25, 0.3) is 10.4 Å². The Bertz CT molecular complexity index is 493. The van der Waals surface area contributed by atoms with Gasteiger partial charge in [0.25, 0.3) is 3.79 Å². The molecule has 2 unspecified atom stereocenters. The van der Waals surface area contributed by atoms with Crippen LogP contribution in [0.5, 0.6) is 0 Å². The first-order valence-corrected chi connectivity index (χ1v) is 7.08. The maximum atomic E-state index is 11.2. The lowest BCUT2D eigenvalue weighted by molar-refractivity contribution is -0.249. The highest BCUT2D eigenvalue weighted by molar-refractivity contribution is 6.76. The maximum Gasteiger partial charge on any atom is 0.303 e. The third-order valence-corrected chi connectivity index (χ3v) is 3.28. The zero-order valence-corrected chi connectivity index (χ0v) is 13.7. The second-order valence-electron chi connectivity index (χ2n) is 4.41. The van der Waals surface area contributed by atoms with Gasteiger partial charge in [0.15, 0.2) is 6.10 Å². The standard InChI is InChI=1S/C10H13Cl3N4O5/c1-3-6(19)5(16-17-15)7(21-4(2)18)8(20-3)22-9(14)10(11,12)13/h3,5-8,14,19H,1-2H3/t3-,5+,6?,7?,8-/m1/s1. The van der Waals surface area contributed by atoms with Crippen LogP contribution in [0.3, 0.4) is 0 Å². The number of carbonyl (C=O) groups excluding carboxylic acids is 1. The van der Waals surface area contributed by atoms with Crippen molar-refractivity contribution >= 4 is 46.7 Å². The van der Waals surface area contributed by atoms with Crippen molar-refractivity contribution in [1.82, 2.24) is 0 Å². The predicted octanol–water partition coefficient (Wildman–Crippen LogP) is 2.07. The van der Waals surface area contributed by atoms with Gasteiger partial charge < -0.3 is 19.3 Å². The molecule has 0 amide bonds. The van der Waals surface area contributed by atoms with Gasteiger partial charge in [-0.2, -0.15) is 0 Å². The molecule has 5 atom stereocenters. The molecule has 1 aliphatic rings. The molecule has 0 bridgehead atoms. The van der Waals surface area contributed by atoms with Gasteiger partial charge in [0.1, 0.15) is 6.04 Å². The SMILES string of the molecule is CC(=O)OC1[C@@H](OC(=N)C(Cl)(Cl)Cl)O[C@H](C)C(O)[C@@H]1N=[N+]=[N-]. The van der Waals surface area contributed by atoms with E-state index in [0.29, 0.717) is 0 Å². The van der Waals surface area contributed by atoms with E-state index < -0.39 is 46.3 Å². The monoisotopic (exact) mass is 374 g/mol. The Morgan fingerprint density at radius 2 is 2.05 bits per heavy atom. The minimum atomic E-state index is -2.16. The van der Waals surface area contributed by atoms with E-state index >= 15 is 0 Å². The third kappa shape index (κ3) is 4.77. The van der Waals surface area contributed by atoms with Gasteiger partial charge >= 0.3 is 5.97 Å². The van der Waals surface area contributed by atoms with Crippen LogP contribution in [0.2, 0.25) is 0 Å². The molecule has 124 valence electrons. The minimum absolute atomic E-state index is 0.734. The van der Waals surface area contributed by atoms with Crippen LogP contribution >= 0.6 is 34.8 Å². The molecular weight excluding hydrogens is 362 g/mol. The van der Waals surface area contributed by atoms with E-state index in [2.05, 4.69) is 10.0 Å². The van der Waals surface area contributed by atoms with E-state index in [9.17, 15) is 9.90 Å².